The molecule has 1 aromatic rings. The van der Waals surface area contributed by atoms with E-state index in [0.717, 1.165) is 25.0 Å². The Kier molecular flexibility index (Phi) is 3.76. The summed E-state index contributed by atoms with van der Waals surface area (Å²) in [6, 6.07) is 8.50. The summed E-state index contributed by atoms with van der Waals surface area (Å²) in [4.78, 5) is 14.2. The monoisotopic (exact) mass is 274 g/mol. The molecule has 0 saturated carbocycles. The van der Waals surface area contributed by atoms with E-state index >= 15 is 0 Å². The molecule has 1 amide bonds. The van der Waals surface area contributed by atoms with Gasteiger partial charge < -0.3 is 9.64 Å². The number of benzene rings is 1. The van der Waals surface area contributed by atoms with Crippen molar-refractivity contribution in [3.8, 4) is 0 Å². The predicted octanol–water partition coefficient (Wildman–Crippen LogP) is 1.99. The number of rotatable bonds is 3. The average Bonchev–Trinajstić information content (AvgIpc) is 3.08. The molecule has 108 valence electrons. The van der Waals surface area contributed by atoms with Crippen LogP contribution in [0.5, 0.6) is 0 Å². The highest BCUT2D eigenvalue weighted by atomic mass is 16.5. The third-order valence-corrected chi connectivity index (χ3v) is 4.35. The van der Waals surface area contributed by atoms with Crippen LogP contribution in [0.25, 0.3) is 0 Å². The molecule has 4 heteroatoms. The summed E-state index contributed by atoms with van der Waals surface area (Å²) in [5.74, 6) is 0.165. The Balaban J connectivity index is 1.82. The van der Waals surface area contributed by atoms with Crippen LogP contribution in [0.1, 0.15) is 37.1 Å². The second-order valence-electron chi connectivity index (χ2n) is 5.79. The molecule has 2 aliphatic rings. The Bertz CT molecular complexity index is 480. The zero-order chi connectivity index (χ0) is 14.1. The van der Waals surface area contributed by atoms with Crippen molar-refractivity contribution in [3.05, 3.63) is 35.4 Å². The minimum absolute atomic E-state index is 0.0256. The van der Waals surface area contributed by atoms with Gasteiger partial charge in [0.15, 0.2) is 0 Å². The number of carbonyl (C=O) groups excluding carboxylic acids is 1. The number of aryl methyl sites for hydroxylation is 1. The minimum atomic E-state index is -0.0256. The van der Waals surface area contributed by atoms with Gasteiger partial charge in [-0.05, 0) is 32.3 Å². The van der Waals surface area contributed by atoms with Crippen molar-refractivity contribution in [1.82, 2.24) is 10.2 Å². The first kappa shape index (κ1) is 13.6. The minimum Gasteiger partial charge on any atom is -0.376 e. The summed E-state index contributed by atoms with van der Waals surface area (Å²) in [7, 11) is 0. The molecule has 0 aromatic heterocycles. The van der Waals surface area contributed by atoms with Crippen LogP contribution in [0.3, 0.4) is 0 Å². The third kappa shape index (κ3) is 2.45. The molecule has 0 spiro atoms. The fourth-order valence-electron chi connectivity index (χ4n) is 3.17. The average molecular weight is 274 g/mol. The Morgan fingerprint density at radius 3 is 2.75 bits per heavy atom. The fourth-order valence-corrected chi connectivity index (χ4v) is 3.17. The smallest absolute Gasteiger partial charge is 0.238 e. The van der Waals surface area contributed by atoms with Gasteiger partial charge in [-0.1, -0.05) is 29.8 Å². The fraction of sp³-hybridized carbons (Fsp3) is 0.562. The van der Waals surface area contributed by atoms with E-state index in [-0.39, 0.29) is 24.2 Å². The highest BCUT2D eigenvalue weighted by molar-refractivity contribution is 5.81. The van der Waals surface area contributed by atoms with Crippen molar-refractivity contribution in [1.29, 1.82) is 0 Å². The molecule has 2 heterocycles. The quantitative estimate of drug-likeness (QED) is 0.916. The van der Waals surface area contributed by atoms with E-state index in [1.165, 1.54) is 5.56 Å². The molecule has 1 N–H and O–H groups in total. The number of amides is 1. The first-order valence-electron chi connectivity index (χ1n) is 7.39. The van der Waals surface area contributed by atoms with Gasteiger partial charge in [0.1, 0.15) is 6.17 Å². The van der Waals surface area contributed by atoms with Crippen LogP contribution >= 0.6 is 0 Å². The Morgan fingerprint density at radius 1 is 1.35 bits per heavy atom. The summed E-state index contributed by atoms with van der Waals surface area (Å²) in [5, 5.41) is 3.32. The molecule has 2 fully saturated rings. The largest absolute Gasteiger partial charge is 0.376 e. The van der Waals surface area contributed by atoms with Crippen LogP contribution in [0, 0.1) is 6.92 Å². The summed E-state index contributed by atoms with van der Waals surface area (Å²) in [6.45, 7) is 5.40. The van der Waals surface area contributed by atoms with Gasteiger partial charge >= 0.3 is 0 Å². The molecular weight excluding hydrogens is 252 g/mol. The maximum absolute atomic E-state index is 12.2. The van der Waals surface area contributed by atoms with E-state index in [9.17, 15) is 4.79 Å². The molecule has 20 heavy (non-hydrogen) atoms. The molecule has 4 nitrogen and oxygen atoms in total. The van der Waals surface area contributed by atoms with Gasteiger partial charge in [-0.25, -0.2) is 0 Å². The number of hydrogen-bond acceptors (Lipinski definition) is 3. The van der Waals surface area contributed by atoms with Crippen molar-refractivity contribution in [2.24, 2.45) is 0 Å². The van der Waals surface area contributed by atoms with Crippen LogP contribution in [0.2, 0.25) is 0 Å². The molecule has 3 unspecified atom stereocenters. The van der Waals surface area contributed by atoms with E-state index in [4.69, 9.17) is 4.74 Å². The lowest BCUT2D eigenvalue weighted by atomic mass is 10.0. The van der Waals surface area contributed by atoms with E-state index in [1.807, 2.05) is 4.90 Å². The molecule has 0 bridgehead atoms. The molecular formula is C16H22N2O2. The van der Waals surface area contributed by atoms with Crippen LogP contribution in [0.15, 0.2) is 24.3 Å². The summed E-state index contributed by atoms with van der Waals surface area (Å²) in [6.07, 6.45) is 2.29. The lowest BCUT2D eigenvalue weighted by Crippen LogP contribution is -2.44. The molecule has 1 aromatic carbocycles. The highest BCUT2D eigenvalue weighted by Crippen LogP contribution is 2.29. The standard InChI is InChI=1S/C16H22N2O2/c1-11-5-7-13(8-6-11)16-17-10-15(19)18(16)12(2)14-4-3-9-20-14/h5-8,12,14,16-17H,3-4,9-10H2,1-2H3. The zero-order valence-electron chi connectivity index (χ0n) is 12.1. The number of nitrogens with one attached hydrogen (secondary N) is 1. The number of hydrogen-bond donors (Lipinski definition) is 1. The van der Waals surface area contributed by atoms with E-state index in [0.29, 0.717) is 6.54 Å². The van der Waals surface area contributed by atoms with Crippen LogP contribution < -0.4 is 5.32 Å². The highest BCUT2D eigenvalue weighted by Gasteiger charge is 2.39. The second-order valence-corrected chi connectivity index (χ2v) is 5.79. The normalized spacial score (nSPS) is 28.1. The van der Waals surface area contributed by atoms with Crippen molar-refractivity contribution in [3.63, 3.8) is 0 Å². The summed E-state index contributed by atoms with van der Waals surface area (Å²) < 4.78 is 5.76. The third-order valence-electron chi connectivity index (χ3n) is 4.35. The van der Waals surface area contributed by atoms with Crippen LogP contribution in [-0.2, 0) is 9.53 Å². The molecule has 0 aliphatic carbocycles. The summed E-state index contributed by atoms with van der Waals surface area (Å²) >= 11 is 0. The van der Waals surface area contributed by atoms with Gasteiger partial charge in [0.2, 0.25) is 5.91 Å². The van der Waals surface area contributed by atoms with E-state index in [1.54, 1.807) is 0 Å². The van der Waals surface area contributed by atoms with E-state index in [2.05, 4.69) is 43.4 Å². The maximum Gasteiger partial charge on any atom is 0.238 e. The number of carbonyl (C=O) groups is 1. The predicted molar refractivity (Wildman–Crippen MR) is 77.2 cm³/mol. The molecule has 3 atom stereocenters. The SMILES string of the molecule is Cc1ccc(C2NCC(=O)N2C(C)C2CCCO2)cc1. The second kappa shape index (κ2) is 5.54. The van der Waals surface area contributed by atoms with Gasteiger partial charge in [0.25, 0.3) is 0 Å². The Morgan fingerprint density at radius 2 is 2.10 bits per heavy atom. The van der Waals surface area contributed by atoms with Gasteiger partial charge in [-0.3, -0.25) is 10.1 Å². The Hall–Kier alpha value is -1.39. The zero-order valence-corrected chi connectivity index (χ0v) is 12.1. The van der Waals surface area contributed by atoms with Crippen molar-refractivity contribution in [2.75, 3.05) is 13.2 Å². The topological polar surface area (TPSA) is 41.6 Å². The van der Waals surface area contributed by atoms with Crippen molar-refractivity contribution < 1.29 is 9.53 Å². The van der Waals surface area contributed by atoms with E-state index < -0.39 is 0 Å². The molecule has 2 saturated heterocycles. The molecule has 2 aliphatic heterocycles. The summed E-state index contributed by atoms with van der Waals surface area (Å²) in [5.41, 5.74) is 2.38. The lowest BCUT2D eigenvalue weighted by Gasteiger charge is -2.33. The van der Waals surface area contributed by atoms with Crippen molar-refractivity contribution >= 4 is 5.91 Å². The number of nitrogens with zero attached hydrogens (tertiary/aromatic N) is 1. The van der Waals surface area contributed by atoms with Gasteiger partial charge in [-0.15, -0.1) is 0 Å². The number of ether oxygens (including phenoxy) is 1. The first-order valence-corrected chi connectivity index (χ1v) is 7.39. The van der Waals surface area contributed by atoms with Gasteiger partial charge in [0.05, 0.1) is 18.7 Å². The van der Waals surface area contributed by atoms with Gasteiger partial charge in [-0.2, -0.15) is 0 Å². The molecule has 3 rings (SSSR count). The molecule has 0 radical (unpaired) electrons. The van der Waals surface area contributed by atoms with Crippen LogP contribution in [0.4, 0.5) is 0 Å². The van der Waals surface area contributed by atoms with Gasteiger partial charge in [0, 0.05) is 6.61 Å². The van der Waals surface area contributed by atoms with Crippen LogP contribution in [-0.4, -0.2) is 36.1 Å². The van der Waals surface area contributed by atoms with Crippen molar-refractivity contribution in [2.45, 2.75) is 45.0 Å². The maximum atomic E-state index is 12.2. The first-order chi connectivity index (χ1) is 9.66. The lowest BCUT2D eigenvalue weighted by molar-refractivity contribution is -0.132. The Labute approximate surface area is 120 Å².